The first-order chi connectivity index (χ1) is 19.4. The number of aryl methyl sites for hydroxylation is 1. The molecule has 0 saturated heterocycles. The maximum atomic E-state index is 12.9. The smallest absolute Gasteiger partial charge is 0.337 e. The zero-order chi connectivity index (χ0) is 29.9. The van der Waals surface area contributed by atoms with Gasteiger partial charge in [0.15, 0.2) is 6.10 Å². The van der Waals surface area contributed by atoms with E-state index in [2.05, 4.69) is 22.4 Å². The van der Waals surface area contributed by atoms with E-state index < -0.39 is 17.7 Å². The summed E-state index contributed by atoms with van der Waals surface area (Å²) in [6.07, 6.45) is 2.72. The van der Waals surface area contributed by atoms with Crippen LogP contribution in [0.25, 0.3) is 11.1 Å². The molecule has 0 fully saturated rings. The first-order valence-corrected chi connectivity index (χ1v) is 15.9. The Hall–Kier alpha value is -3.00. The standard InChI is InChI=1S/C33H40ClNO5S/c1-8-41(7)35-29-20(2)28(31(32(36)37)40-33(4,5)6)27(23-15-16-26-22(18-23)13-11-17-38-26)21(3)30(29)39-19-24-12-9-10-14-25(24)34/h8-10,12,14-16,18,31,35H,11,13,17,19H2,1-7H3,(H,36,37). The summed E-state index contributed by atoms with van der Waals surface area (Å²) in [6.45, 7) is 12.5. The van der Waals surface area contributed by atoms with E-state index in [-0.39, 0.29) is 17.3 Å². The van der Waals surface area contributed by atoms with Gasteiger partial charge in [0.25, 0.3) is 0 Å². The molecule has 0 amide bonds. The summed E-state index contributed by atoms with van der Waals surface area (Å²) in [5.41, 5.74) is 5.94. The fraction of sp³-hybridized carbons (Fsp3) is 0.394. The van der Waals surface area contributed by atoms with Crippen molar-refractivity contribution in [3.05, 3.63) is 75.3 Å². The van der Waals surface area contributed by atoms with Crippen molar-refractivity contribution in [1.82, 2.24) is 0 Å². The molecule has 3 aromatic carbocycles. The molecule has 3 aromatic rings. The van der Waals surface area contributed by atoms with E-state index in [0.29, 0.717) is 22.9 Å². The number of carboxylic acids is 1. The van der Waals surface area contributed by atoms with Crippen molar-refractivity contribution >= 4 is 39.3 Å². The van der Waals surface area contributed by atoms with Gasteiger partial charge in [-0.05, 0) is 106 Å². The Labute approximate surface area is 251 Å². The normalized spacial score (nSPS) is 14.6. The molecule has 0 aromatic heterocycles. The number of carbonyl (C=O) groups is 1. The molecule has 6 nitrogen and oxygen atoms in total. The highest BCUT2D eigenvalue weighted by Gasteiger charge is 2.34. The van der Waals surface area contributed by atoms with Gasteiger partial charge in [0, 0.05) is 21.7 Å². The van der Waals surface area contributed by atoms with Crippen LogP contribution in [0.15, 0.2) is 42.5 Å². The lowest BCUT2D eigenvalue weighted by molar-refractivity contribution is -0.160. The number of carboxylic acid groups (broad SMARTS) is 1. The lowest BCUT2D eigenvalue weighted by Crippen LogP contribution is -2.28. The zero-order valence-corrected chi connectivity index (χ0v) is 26.5. The Balaban J connectivity index is 2.02. The van der Waals surface area contributed by atoms with Gasteiger partial charge in [-0.25, -0.2) is 4.79 Å². The summed E-state index contributed by atoms with van der Waals surface area (Å²) in [6, 6.07) is 13.7. The van der Waals surface area contributed by atoms with Crippen molar-refractivity contribution < 1.29 is 24.1 Å². The molecule has 1 aliphatic rings. The minimum absolute atomic E-state index is 0.264. The van der Waals surface area contributed by atoms with Crippen molar-refractivity contribution in [1.29, 1.82) is 0 Å². The molecule has 2 unspecified atom stereocenters. The number of halogens is 1. The van der Waals surface area contributed by atoms with Crippen LogP contribution in [0.3, 0.4) is 0 Å². The maximum absolute atomic E-state index is 12.9. The second kappa shape index (κ2) is 12.9. The Kier molecular flexibility index (Phi) is 9.73. The SMILES string of the molecule is C/C=S(\C)Nc1c(C)c(C(OC(C)(C)C)C(=O)O)c(-c2ccc3c(c2)CCCO3)c(C)c1OCc1ccccc1Cl. The van der Waals surface area contributed by atoms with E-state index in [9.17, 15) is 9.90 Å². The molecular formula is C33H40ClNO5S. The minimum atomic E-state index is -1.20. The number of nitrogens with one attached hydrogen (secondary N) is 1. The number of rotatable bonds is 9. The van der Waals surface area contributed by atoms with Crippen LogP contribution in [-0.2, 0) is 22.6 Å². The van der Waals surface area contributed by atoms with Gasteiger partial charge in [0.2, 0.25) is 0 Å². The van der Waals surface area contributed by atoms with Crippen molar-refractivity contribution in [2.75, 3.05) is 17.6 Å². The van der Waals surface area contributed by atoms with Crippen LogP contribution in [0.1, 0.15) is 68.0 Å². The van der Waals surface area contributed by atoms with Crippen LogP contribution < -0.4 is 14.2 Å². The van der Waals surface area contributed by atoms with Crippen molar-refractivity contribution in [2.45, 2.75) is 72.7 Å². The maximum Gasteiger partial charge on any atom is 0.337 e. The van der Waals surface area contributed by atoms with E-state index >= 15 is 0 Å². The summed E-state index contributed by atoms with van der Waals surface area (Å²) in [5.74, 6) is 0.494. The van der Waals surface area contributed by atoms with Crippen LogP contribution >= 0.6 is 22.3 Å². The third-order valence-electron chi connectivity index (χ3n) is 7.09. The van der Waals surface area contributed by atoms with Gasteiger partial charge in [-0.15, -0.1) is 10.7 Å². The molecule has 1 heterocycles. The average molecular weight is 598 g/mol. The molecule has 41 heavy (non-hydrogen) atoms. The number of ether oxygens (including phenoxy) is 3. The molecular weight excluding hydrogens is 558 g/mol. The fourth-order valence-corrected chi connectivity index (χ4v) is 5.96. The Morgan fingerprint density at radius 1 is 1.20 bits per heavy atom. The van der Waals surface area contributed by atoms with Gasteiger partial charge in [0.1, 0.15) is 18.1 Å². The molecule has 0 saturated carbocycles. The predicted octanol–water partition coefficient (Wildman–Crippen LogP) is 8.52. The van der Waals surface area contributed by atoms with Crippen LogP contribution in [0.5, 0.6) is 11.5 Å². The first kappa shape index (κ1) is 30.9. The highest BCUT2D eigenvalue weighted by Crippen LogP contribution is 2.48. The van der Waals surface area contributed by atoms with Crippen molar-refractivity contribution in [2.24, 2.45) is 0 Å². The van der Waals surface area contributed by atoms with E-state index in [1.807, 2.05) is 77.9 Å². The number of hydrogen-bond acceptors (Lipinski definition) is 5. The van der Waals surface area contributed by atoms with E-state index in [4.69, 9.17) is 25.8 Å². The van der Waals surface area contributed by atoms with Gasteiger partial charge >= 0.3 is 5.97 Å². The third kappa shape index (κ3) is 7.08. The number of fused-ring (bicyclic) bond motifs is 1. The summed E-state index contributed by atoms with van der Waals surface area (Å²) in [4.78, 5) is 12.9. The topological polar surface area (TPSA) is 77.0 Å². The van der Waals surface area contributed by atoms with Crippen molar-refractivity contribution in [3.63, 3.8) is 0 Å². The lowest BCUT2D eigenvalue weighted by Gasteiger charge is -2.31. The average Bonchev–Trinajstić information content (AvgIpc) is 2.93. The van der Waals surface area contributed by atoms with Crippen LogP contribution in [0.2, 0.25) is 5.02 Å². The summed E-state index contributed by atoms with van der Waals surface area (Å²) < 4.78 is 22.3. The molecule has 2 N–H and O–H groups in total. The molecule has 0 bridgehead atoms. The lowest BCUT2D eigenvalue weighted by atomic mass is 9.85. The second-order valence-corrected chi connectivity index (χ2v) is 13.4. The molecule has 8 heteroatoms. The van der Waals surface area contributed by atoms with Crippen molar-refractivity contribution in [3.8, 4) is 22.6 Å². The Bertz CT molecular complexity index is 1480. The Morgan fingerprint density at radius 2 is 1.93 bits per heavy atom. The van der Waals surface area contributed by atoms with E-state index in [1.165, 1.54) is 0 Å². The quantitative estimate of drug-likeness (QED) is 0.241. The summed E-state index contributed by atoms with van der Waals surface area (Å²) in [5, 5.41) is 13.2. The number of benzene rings is 3. The predicted molar refractivity (Wildman–Crippen MR) is 171 cm³/mol. The third-order valence-corrected chi connectivity index (χ3v) is 8.69. The van der Waals surface area contributed by atoms with Gasteiger partial charge in [-0.2, -0.15) is 0 Å². The Morgan fingerprint density at radius 3 is 2.59 bits per heavy atom. The molecule has 1 aliphatic heterocycles. The van der Waals surface area contributed by atoms with Crippen LogP contribution in [0.4, 0.5) is 5.69 Å². The van der Waals surface area contributed by atoms with Crippen LogP contribution in [0, 0.1) is 13.8 Å². The highest BCUT2D eigenvalue weighted by molar-refractivity contribution is 8.15. The zero-order valence-electron chi connectivity index (χ0n) is 24.9. The number of aliphatic carboxylic acids is 1. The van der Waals surface area contributed by atoms with E-state index in [0.717, 1.165) is 57.7 Å². The number of anilines is 1. The molecule has 0 radical (unpaired) electrons. The molecule has 4 rings (SSSR count). The fourth-order valence-electron chi connectivity index (χ4n) is 5.09. The molecule has 220 valence electrons. The largest absolute Gasteiger partial charge is 0.493 e. The van der Waals surface area contributed by atoms with Gasteiger partial charge in [-0.1, -0.05) is 35.9 Å². The van der Waals surface area contributed by atoms with Gasteiger partial charge < -0.3 is 24.0 Å². The molecule has 0 spiro atoms. The molecule has 0 aliphatic carbocycles. The van der Waals surface area contributed by atoms with Crippen LogP contribution in [-0.4, -0.2) is 34.9 Å². The summed E-state index contributed by atoms with van der Waals surface area (Å²) in [7, 11) is -0.299. The monoisotopic (exact) mass is 597 g/mol. The van der Waals surface area contributed by atoms with Gasteiger partial charge in [0.05, 0.1) is 17.9 Å². The highest BCUT2D eigenvalue weighted by atomic mass is 35.5. The number of hydrogen-bond donors (Lipinski definition) is 2. The van der Waals surface area contributed by atoms with E-state index in [1.54, 1.807) is 0 Å². The minimum Gasteiger partial charge on any atom is -0.493 e. The molecule has 2 atom stereocenters. The second-order valence-electron chi connectivity index (χ2n) is 11.2. The van der Waals surface area contributed by atoms with Gasteiger partial charge in [-0.3, -0.25) is 0 Å². The first-order valence-electron chi connectivity index (χ1n) is 13.8. The summed E-state index contributed by atoms with van der Waals surface area (Å²) >= 11 is 6.47.